The molecule has 126 valence electrons. The van der Waals surface area contributed by atoms with Gasteiger partial charge in [-0.15, -0.1) is 11.3 Å². The molecule has 1 aliphatic heterocycles. The van der Waals surface area contributed by atoms with Crippen LogP contribution in [0.4, 0.5) is 4.79 Å². The molecule has 2 aromatic heterocycles. The molecule has 3 rings (SSSR count). The van der Waals surface area contributed by atoms with E-state index in [4.69, 9.17) is 0 Å². The Hall–Kier alpha value is -2.20. The summed E-state index contributed by atoms with van der Waals surface area (Å²) in [5.74, 6) is -0.882. The van der Waals surface area contributed by atoms with Crippen LogP contribution >= 0.6 is 23.1 Å². The van der Waals surface area contributed by atoms with E-state index >= 15 is 0 Å². The van der Waals surface area contributed by atoms with Crippen LogP contribution in [-0.2, 0) is 9.59 Å². The predicted molar refractivity (Wildman–Crippen MR) is 90.4 cm³/mol. The number of hydrogen-bond donors (Lipinski definition) is 2. The van der Waals surface area contributed by atoms with Crippen LogP contribution in [0.3, 0.4) is 0 Å². The second-order valence-corrected chi connectivity index (χ2v) is 7.27. The second kappa shape index (κ2) is 6.36. The van der Waals surface area contributed by atoms with Gasteiger partial charge in [0.15, 0.2) is 0 Å². The molecule has 0 bridgehead atoms. The minimum Gasteiger partial charge on any atom is -0.322 e. The van der Waals surface area contributed by atoms with E-state index in [1.54, 1.807) is 13.8 Å². The average molecular weight is 365 g/mol. The van der Waals surface area contributed by atoms with Crippen molar-refractivity contribution in [2.75, 3.05) is 5.75 Å². The zero-order chi connectivity index (χ0) is 17.3. The second-order valence-electron chi connectivity index (χ2n) is 5.39. The predicted octanol–water partition coefficient (Wildman–Crippen LogP) is 1.54. The molecular formula is C14H15N5O3S2. The lowest BCUT2D eigenvalue weighted by Crippen LogP contribution is -2.49. The number of carbonyl (C=O) groups excluding carboxylic acids is 3. The standard InChI is InChI=1S/C14H15N5O3S2/c1-3-14(2)12(21)19(13(22)17-14)18-9(20)6-24-11-10-8(4-5-23-10)15-7-16-11/h4-5,7H,3,6H2,1-2H3,(H,17,22)(H,18,20). The van der Waals surface area contributed by atoms with Gasteiger partial charge in [0.25, 0.3) is 5.91 Å². The minimum atomic E-state index is -0.979. The molecule has 8 nitrogen and oxygen atoms in total. The molecule has 1 saturated heterocycles. The van der Waals surface area contributed by atoms with Crippen molar-refractivity contribution in [1.82, 2.24) is 25.7 Å². The van der Waals surface area contributed by atoms with Gasteiger partial charge >= 0.3 is 6.03 Å². The number of fused-ring (bicyclic) bond motifs is 1. The van der Waals surface area contributed by atoms with Gasteiger partial charge in [0.1, 0.15) is 16.9 Å². The van der Waals surface area contributed by atoms with Gasteiger partial charge in [0.05, 0.1) is 16.0 Å². The van der Waals surface area contributed by atoms with Crippen LogP contribution in [-0.4, -0.2) is 44.1 Å². The van der Waals surface area contributed by atoms with Crippen LogP contribution < -0.4 is 10.7 Å². The molecule has 0 saturated carbocycles. The lowest BCUT2D eigenvalue weighted by atomic mass is 10.00. The van der Waals surface area contributed by atoms with Crippen molar-refractivity contribution in [3.8, 4) is 0 Å². The molecule has 1 unspecified atom stereocenters. The minimum absolute atomic E-state index is 0.0317. The maximum Gasteiger partial charge on any atom is 0.344 e. The lowest BCUT2D eigenvalue weighted by Gasteiger charge is -2.19. The topological polar surface area (TPSA) is 104 Å². The molecule has 2 aromatic rings. The van der Waals surface area contributed by atoms with Crippen molar-refractivity contribution in [3.05, 3.63) is 17.8 Å². The number of rotatable bonds is 5. The highest BCUT2D eigenvalue weighted by Crippen LogP contribution is 2.28. The Morgan fingerprint density at radius 1 is 1.46 bits per heavy atom. The molecule has 0 radical (unpaired) electrons. The van der Waals surface area contributed by atoms with Crippen molar-refractivity contribution in [2.24, 2.45) is 0 Å². The Balaban J connectivity index is 1.63. The van der Waals surface area contributed by atoms with E-state index in [1.807, 2.05) is 11.4 Å². The largest absolute Gasteiger partial charge is 0.344 e. The number of hydrazine groups is 1. The van der Waals surface area contributed by atoms with Crippen LogP contribution in [0.2, 0.25) is 0 Å². The lowest BCUT2D eigenvalue weighted by molar-refractivity contribution is -0.137. The third-order valence-corrected chi connectivity index (χ3v) is 5.78. The molecule has 1 aliphatic rings. The van der Waals surface area contributed by atoms with E-state index in [2.05, 4.69) is 20.7 Å². The summed E-state index contributed by atoms with van der Waals surface area (Å²) in [6.45, 7) is 3.42. The highest BCUT2D eigenvalue weighted by atomic mass is 32.2. The third kappa shape index (κ3) is 2.94. The normalized spacial score (nSPS) is 20.5. The molecule has 1 fully saturated rings. The monoisotopic (exact) mass is 365 g/mol. The van der Waals surface area contributed by atoms with Crippen molar-refractivity contribution in [1.29, 1.82) is 0 Å². The number of carbonyl (C=O) groups is 3. The Bertz CT molecular complexity index is 824. The van der Waals surface area contributed by atoms with Gasteiger partial charge in [0, 0.05) is 0 Å². The maximum absolute atomic E-state index is 12.2. The molecule has 0 aromatic carbocycles. The average Bonchev–Trinajstić information content (AvgIpc) is 3.12. The molecule has 0 aliphatic carbocycles. The van der Waals surface area contributed by atoms with E-state index < -0.39 is 23.4 Å². The fourth-order valence-electron chi connectivity index (χ4n) is 2.19. The summed E-state index contributed by atoms with van der Waals surface area (Å²) in [5.41, 5.74) is 2.20. The van der Waals surface area contributed by atoms with E-state index in [-0.39, 0.29) is 5.75 Å². The van der Waals surface area contributed by atoms with E-state index in [9.17, 15) is 14.4 Å². The summed E-state index contributed by atoms with van der Waals surface area (Å²) >= 11 is 2.73. The summed E-state index contributed by atoms with van der Waals surface area (Å²) in [4.78, 5) is 44.5. The van der Waals surface area contributed by atoms with Gasteiger partial charge in [-0.3, -0.25) is 15.0 Å². The molecule has 10 heteroatoms. The van der Waals surface area contributed by atoms with Crippen LogP contribution in [0, 0.1) is 0 Å². The van der Waals surface area contributed by atoms with Crippen molar-refractivity contribution < 1.29 is 14.4 Å². The van der Waals surface area contributed by atoms with Gasteiger partial charge in [-0.25, -0.2) is 14.8 Å². The summed E-state index contributed by atoms with van der Waals surface area (Å²) < 4.78 is 0.906. The zero-order valence-corrected chi connectivity index (χ0v) is 14.7. The fraction of sp³-hybridized carbons (Fsp3) is 0.357. The summed E-state index contributed by atoms with van der Waals surface area (Å²) in [7, 11) is 0. The number of imide groups is 1. The van der Waals surface area contributed by atoms with Gasteiger partial charge < -0.3 is 5.32 Å². The first-order valence-corrected chi connectivity index (χ1v) is 9.08. The number of amides is 4. The number of thiophene rings is 1. The number of aromatic nitrogens is 2. The van der Waals surface area contributed by atoms with Crippen LogP contribution in [0.15, 0.2) is 22.8 Å². The number of urea groups is 1. The first-order chi connectivity index (χ1) is 11.4. The van der Waals surface area contributed by atoms with Crippen molar-refractivity contribution in [2.45, 2.75) is 30.8 Å². The molecule has 4 amide bonds. The number of hydrogen-bond acceptors (Lipinski definition) is 7. The third-order valence-electron chi connectivity index (χ3n) is 3.76. The molecule has 1 atom stereocenters. The number of nitrogens with one attached hydrogen (secondary N) is 2. The number of nitrogens with zero attached hydrogens (tertiary/aromatic N) is 3. The molecule has 0 spiro atoms. The van der Waals surface area contributed by atoms with Crippen LogP contribution in [0.5, 0.6) is 0 Å². The molecule has 2 N–H and O–H groups in total. The van der Waals surface area contributed by atoms with Crippen LogP contribution in [0.1, 0.15) is 20.3 Å². The Morgan fingerprint density at radius 3 is 2.96 bits per heavy atom. The fourth-order valence-corrected chi connectivity index (χ4v) is 3.92. The first kappa shape index (κ1) is 16.7. The van der Waals surface area contributed by atoms with Gasteiger partial charge in [-0.1, -0.05) is 18.7 Å². The summed E-state index contributed by atoms with van der Waals surface area (Å²) in [5, 5.41) is 5.92. The Morgan fingerprint density at radius 2 is 2.25 bits per heavy atom. The van der Waals surface area contributed by atoms with Gasteiger partial charge in [0.2, 0.25) is 5.91 Å². The Labute approximate surface area is 146 Å². The van der Waals surface area contributed by atoms with Gasteiger partial charge in [-0.2, -0.15) is 5.01 Å². The van der Waals surface area contributed by atoms with E-state index in [0.717, 1.165) is 15.2 Å². The van der Waals surface area contributed by atoms with Crippen LogP contribution in [0.25, 0.3) is 10.2 Å². The summed E-state index contributed by atoms with van der Waals surface area (Å²) in [6, 6.07) is 1.26. The van der Waals surface area contributed by atoms with E-state index in [1.165, 1.54) is 29.4 Å². The van der Waals surface area contributed by atoms with E-state index in [0.29, 0.717) is 11.4 Å². The molecule has 24 heavy (non-hydrogen) atoms. The SMILES string of the molecule is CCC1(C)NC(=O)N(NC(=O)CSc2ncnc3ccsc23)C1=O. The van der Waals surface area contributed by atoms with Crippen molar-refractivity contribution in [3.63, 3.8) is 0 Å². The Kier molecular flexibility index (Phi) is 4.41. The number of thioether (sulfide) groups is 1. The maximum atomic E-state index is 12.2. The smallest absolute Gasteiger partial charge is 0.322 e. The van der Waals surface area contributed by atoms with Gasteiger partial charge in [-0.05, 0) is 24.8 Å². The molecular weight excluding hydrogens is 350 g/mol. The quantitative estimate of drug-likeness (QED) is 0.473. The summed E-state index contributed by atoms with van der Waals surface area (Å²) in [6.07, 6.45) is 1.88. The molecule has 3 heterocycles. The zero-order valence-electron chi connectivity index (χ0n) is 13.0. The highest BCUT2D eigenvalue weighted by molar-refractivity contribution is 8.00. The van der Waals surface area contributed by atoms with Crippen molar-refractivity contribution >= 4 is 51.2 Å². The first-order valence-electron chi connectivity index (χ1n) is 7.22. The highest BCUT2D eigenvalue weighted by Gasteiger charge is 2.47.